The van der Waals surface area contributed by atoms with Gasteiger partial charge in [-0.15, -0.1) is 0 Å². The molecule has 1 saturated heterocycles. The zero-order valence-corrected chi connectivity index (χ0v) is 9.57. The van der Waals surface area contributed by atoms with Gasteiger partial charge in [0.2, 0.25) is 11.8 Å². The molecule has 1 aliphatic rings. The predicted molar refractivity (Wildman–Crippen MR) is 59.8 cm³/mol. The molecule has 0 bridgehead atoms. The van der Waals surface area contributed by atoms with Crippen LogP contribution in [0.4, 0.5) is 0 Å². The molecule has 1 fully saturated rings. The van der Waals surface area contributed by atoms with Crippen LogP contribution in [-0.4, -0.2) is 49.6 Å². The Morgan fingerprint density at radius 1 is 1.50 bits per heavy atom. The molecule has 5 heteroatoms. The maximum atomic E-state index is 11.5. The number of amides is 2. The topological polar surface area (TPSA) is 58.6 Å². The summed E-state index contributed by atoms with van der Waals surface area (Å²) < 4.78 is 4.79. The number of hydrogen-bond donors (Lipinski definition) is 1. The molecule has 1 rings (SSSR count). The van der Waals surface area contributed by atoms with Crippen LogP contribution in [0.3, 0.4) is 0 Å². The number of piperidine rings is 1. The van der Waals surface area contributed by atoms with Gasteiger partial charge in [0.15, 0.2) is 0 Å². The molecule has 0 spiro atoms. The first-order chi connectivity index (χ1) is 7.67. The summed E-state index contributed by atoms with van der Waals surface area (Å²) in [5, 5.41) is 2.83. The first-order valence-electron chi connectivity index (χ1n) is 5.37. The van der Waals surface area contributed by atoms with Gasteiger partial charge in [0.1, 0.15) is 6.61 Å². The Bertz CT molecular complexity index is 270. The molecule has 0 aromatic rings. The third kappa shape index (κ3) is 3.66. The molecular weight excluding hydrogens is 208 g/mol. The minimum atomic E-state index is -0.151. The summed E-state index contributed by atoms with van der Waals surface area (Å²) in [4.78, 5) is 24.3. The molecule has 16 heavy (non-hydrogen) atoms. The number of likely N-dealkylation sites (tertiary alicyclic amines) is 1. The standard InChI is InChI=1S/C11H18N2O3/c1-3-10(14)12-9-4-6-13(7-5-9)11(15)8-16-2/h3,9H,1,4-8H2,2H3,(H,12,14). The van der Waals surface area contributed by atoms with Gasteiger partial charge in [-0.3, -0.25) is 9.59 Å². The van der Waals surface area contributed by atoms with E-state index in [-0.39, 0.29) is 24.5 Å². The molecular formula is C11H18N2O3. The second-order valence-electron chi connectivity index (χ2n) is 3.80. The predicted octanol–water partition coefficient (Wildman–Crippen LogP) is -0.0740. The Morgan fingerprint density at radius 2 is 2.12 bits per heavy atom. The van der Waals surface area contributed by atoms with Crippen molar-refractivity contribution < 1.29 is 14.3 Å². The lowest BCUT2D eigenvalue weighted by atomic mass is 10.1. The third-order valence-corrected chi connectivity index (χ3v) is 2.65. The number of rotatable bonds is 4. The molecule has 0 atom stereocenters. The monoisotopic (exact) mass is 226 g/mol. The van der Waals surface area contributed by atoms with E-state index >= 15 is 0 Å². The Hall–Kier alpha value is -1.36. The van der Waals surface area contributed by atoms with Crippen LogP contribution in [0.2, 0.25) is 0 Å². The second kappa shape index (κ2) is 6.27. The molecule has 0 unspecified atom stereocenters. The lowest BCUT2D eigenvalue weighted by Crippen LogP contribution is -2.47. The van der Waals surface area contributed by atoms with Gasteiger partial charge in [0, 0.05) is 26.2 Å². The third-order valence-electron chi connectivity index (χ3n) is 2.65. The zero-order valence-electron chi connectivity index (χ0n) is 9.57. The minimum absolute atomic E-state index is 0.0102. The molecule has 2 amide bonds. The normalized spacial score (nSPS) is 16.9. The Morgan fingerprint density at radius 3 is 2.62 bits per heavy atom. The number of carbonyl (C=O) groups excluding carboxylic acids is 2. The van der Waals surface area contributed by atoms with Gasteiger partial charge in [0.05, 0.1) is 0 Å². The lowest BCUT2D eigenvalue weighted by molar-refractivity contribution is -0.136. The number of methoxy groups -OCH3 is 1. The van der Waals surface area contributed by atoms with Crippen LogP contribution < -0.4 is 5.32 Å². The highest BCUT2D eigenvalue weighted by atomic mass is 16.5. The van der Waals surface area contributed by atoms with Crippen LogP contribution in [0.1, 0.15) is 12.8 Å². The van der Waals surface area contributed by atoms with Crippen LogP contribution in [0.25, 0.3) is 0 Å². The number of nitrogens with one attached hydrogen (secondary N) is 1. The summed E-state index contributed by atoms with van der Waals surface area (Å²) in [6.45, 7) is 4.87. The van der Waals surface area contributed by atoms with Crippen LogP contribution in [-0.2, 0) is 14.3 Å². The minimum Gasteiger partial charge on any atom is -0.375 e. The average molecular weight is 226 g/mol. The van der Waals surface area contributed by atoms with E-state index in [1.165, 1.54) is 13.2 Å². The number of carbonyl (C=O) groups is 2. The van der Waals surface area contributed by atoms with Crippen LogP contribution in [0.15, 0.2) is 12.7 Å². The lowest BCUT2D eigenvalue weighted by Gasteiger charge is -2.32. The van der Waals surface area contributed by atoms with Crippen molar-refractivity contribution in [3.63, 3.8) is 0 Å². The van der Waals surface area contributed by atoms with E-state index in [4.69, 9.17) is 4.74 Å². The number of nitrogens with zero attached hydrogens (tertiary/aromatic N) is 1. The van der Waals surface area contributed by atoms with Gasteiger partial charge >= 0.3 is 0 Å². The van der Waals surface area contributed by atoms with Crippen molar-refractivity contribution in [3.8, 4) is 0 Å². The first kappa shape index (κ1) is 12.7. The summed E-state index contributed by atoms with van der Waals surface area (Å²) in [6, 6.07) is 0.150. The zero-order chi connectivity index (χ0) is 12.0. The van der Waals surface area contributed by atoms with Crippen LogP contribution >= 0.6 is 0 Å². The fourth-order valence-corrected chi connectivity index (χ4v) is 1.75. The van der Waals surface area contributed by atoms with Crippen molar-refractivity contribution in [2.45, 2.75) is 18.9 Å². The van der Waals surface area contributed by atoms with Crippen molar-refractivity contribution in [3.05, 3.63) is 12.7 Å². The summed E-state index contributed by atoms with van der Waals surface area (Å²) in [7, 11) is 1.51. The largest absolute Gasteiger partial charge is 0.375 e. The van der Waals surface area contributed by atoms with Crippen molar-refractivity contribution in [2.24, 2.45) is 0 Å². The van der Waals surface area contributed by atoms with Crippen molar-refractivity contribution in [2.75, 3.05) is 26.8 Å². The van der Waals surface area contributed by atoms with Crippen molar-refractivity contribution in [1.29, 1.82) is 0 Å². The van der Waals surface area contributed by atoms with E-state index in [0.717, 1.165) is 12.8 Å². The van der Waals surface area contributed by atoms with Gasteiger partial charge in [-0.25, -0.2) is 0 Å². The maximum Gasteiger partial charge on any atom is 0.248 e. The quantitative estimate of drug-likeness (QED) is 0.682. The van der Waals surface area contributed by atoms with Crippen LogP contribution in [0.5, 0.6) is 0 Å². The second-order valence-corrected chi connectivity index (χ2v) is 3.80. The number of hydrogen-bond acceptors (Lipinski definition) is 3. The summed E-state index contributed by atoms with van der Waals surface area (Å²) in [5.41, 5.74) is 0. The van der Waals surface area contributed by atoms with E-state index in [1.54, 1.807) is 4.90 Å². The van der Waals surface area contributed by atoms with E-state index in [1.807, 2.05) is 0 Å². The molecule has 0 aromatic carbocycles. The molecule has 0 aromatic heterocycles. The fraction of sp³-hybridized carbons (Fsp3) is 0.636. The molecule has 0 saturated carbocycles. The highest BCUT2D eigenvalue weighted by Crippen LogP contribution is 2.10. The molecule has 1 heterocycles. The molecule has 0 radical (unpaired) electrons. The maximum absolute atomic E-state index is 11.5. The molecule has 0 aliphatic carbocycles. The highest BCUT2D eigenvalue weighted by molar-refractivity contribution is 5.87. The fourth-order valence-electron chi connectivity index (χ4n) is 1.75. The Balaban J connectivity index is 2.30. The summed E-state index contributed by atoms with van der Waals surface area (Å²) >= 11 is 0. The van der Waals surface area contributed by atoms with E-state index in [2.05, 4.69) is 11.9 Å². The number of ether oxygens (including phenoxy) is 1. The SMILES string of the molecule is C=CC(=O)NC1CCN(C(=O)COC)CC1. The van der Waals surface area contributed by atoms with Gasteiger partial charge in [-0.2, -0.15) is 0 Å². The Kier molecular flexibility index (Phi) is 4.98. The van der Waals surface area contributed by atoms with Gasteiger partial charge in [0.25, 0.3) is 0 Å². The first-order valence-corrected chi connectivity index (χ1v) is 5.37. The summed E-state index contributed by atoms with van der Waals surface area (Å²) in [6.07, 6.45) is 2.84. The van der Waals surface area contributed by atoms with E-state index in [9.17, 15) is 9.59 Å². The van der Waals surface area contributed by atoms with E-state index < -0.39 is 0 Å². The molecule has 5 nitrogen and oxygen atoms in total. The van der Waals surface area contributed by atoms with Crippen LogP contribution in [0, 0.1) is 0 Å². The summed E-state index contributed by atoms with van der Waals surface area (Å²) in [5.74, 6) is -0.141. The van der Waals surface area contributed by atoms with Gasteiger partial charge in [-0.1, -0.05) is 6.58 Å². The molecule has 1 N–H and O–H groups in total. The van der Waals surface area contributed by atoms with Crippen molar-refractivity contribution >= 4 is 11.8 Å². The Labute approximate surface area is 95.4 Å². The van der Waals surface area contributed by atoms with E-state index in [0.29, 0.717) is 13.1 Å². The highest BCUT2D eigenvalue weighted by Gasteiger charge is 2.22. The van der Waals surface area contributed by atoms with Gasteiger partial charge in [-0.05, 0) is 18.9 Å². The molecule has 1 aliphatic heterocycles. The van der Waals surface area contributed by atoms with Crippen molar-refractivity contribution in [1.82, 2.24) is 10.2 Å². The average Bonchev–Trinajstić information content (AvgIpc) is 2.30. The smallest absolute Gasteiger partial charge is 0.248 e. The molecule has 90 valence electrons. The van der Waals surface area contributed by atoms with Gasteiger partial charge < -0.3 is 15.0 Å².